The molecule has 0 N–H and O–H groups in total. The number of hydrogen-bond donors (Lipinski definition) is 0. The number of sulfone groups is 2. The molecule has 2 unspecified atom stereocenters. The summed E-state index contributed by atoms with van der Waals surface area (Å²) in [4.78, 5) is 14.5. The molecule has 5 rings (SSSR count). The molecule has 2 aromatic rings. The molecule has 7 nitrogen and oxygen atoms in total. The molecular formula is C26H23ClF7NO6S2. The molecular weight excluding hydrogens is 655 g/mol. The predicted molar refractivity (Wildman–Crippen MR) is 139 cm³/mol. The van der Waals surface area contributed by atoms with Crippen molar-refractivity contribution in [3.63, 3.8) is 0 Å². The van der Waals surface area contributed by atoms with Crippen molar-refractivity contribution in [1.29, 1.82) is 0 Å². The van der Waals surface area contributed by atoms with E-state index in [0.29, 0.717) is 6.07 Å². The van der Waals surface area contributed by atoms with Crippen molar-refractivity contribution < 1.29 is 57.1 Å². The normalized spacial score (nSPS) is 24.7. The van der Waals surface area contributed by atoms with Crippen LogP contribution in [0.1, 0.15) is 30.4 Å². The maximum atomic E-state index is 14.9. The number of carbonyl (C=O) groups excluding carboxylic acids is 1. The van der Waals surface area contributed by atoms with E-state index < -0.39 is 78.2 Å². The van der Waals surface area contributed by atoms with Crippen LogP contribution in [0.3, 0.4) is 0 Å². The average molecular weight is 678 g/mol. The molecule has 0 radical (unpaired) electrons. The number of halogens is 8. The van der Waals surface area contributed by atoms with Gasteiger partial charge < -0.3 is 9.64 Å². The fourth-order valence-electron chi connectivity index (χ4n) is 6.18. The third kappa shape index (κ3) is 4.87. The Balaban J connectivity index is 1.65. The first-order chi connectivity index (χ1) is 19.8. The van der Waals surface area contributed by atoms with E-state index >= 15 is 0 Å². The number of rotatable bonds is 4. The fourth-order valence-corrected chi connectivity index (χ4v) is 10.1. The van der Waals surface area contributed by atoms with Crippen molar-refractivity contribution in [3.8, 4) is 5.75 Å². The zero-order chi connectivity index (χ0) is 31.8. The third-order valence-electron chi connectivity index (χ3n) is 8.44. The molecule has 3 aliphatic rings. The molecule has 17 heteroatoms. The highest BCUT2D eigenvalue weighted by Crippen LogP contribution is 2.57. The predicted octanol–water partition coefficient (Wildman–Crippen LogP) is 5.12. The quantitative estimate of drug-likeness (QED) is 0.417. The molecule has 0 aliphatic carbocycles. The lowest BCUT2D eigenvalue weighted by Gasteiger charge is -2.43. The van der Waals surface area contributed by atoms with Gasteiger partial charge in [-0.3, -0.25) is 4.79 Å². The number of amides is 1. The number of fused-ring (bicyclic) bond motifs is 3. The summed E-state index contributed by atoms with van der Waals surface area (Å²) in [6.07, 6.45) is -13.2. The standard InChI is InChI=1S/C26H23ClF7NO6S2/c27-17-2-4-18(5-3-17)43(39,40)23-9-10-35(22(36)15-7-11-42(37,38)12-8-15)21(23)14-41-20-13-16(1-6-19(20)23)24(28,25(29,30)31)26(32,33)34/h1-6,13,15,21H,7-12,14H2. The van der Waals surface area contributed by atoms with Crippen molar-refractivity contribution in [2.45, 2.75) is 53.0 Å². The van der Waals surface area contributed by atoms with E-state index in [1.165, 1.54) is 29.2 Å². The Labute approximate surface area is 246 Å². The van der Waals surface area contributed by atoms with Crippen molar-refractivity contribution in [2.24, 2.45) is 5.92 Å². The lowest BCUT2D eigenvalue weighted by Crippen LogP contribution is -2.56. The molecule has 43 heavy (non-hydrogen) atoms. The number of ether oxygens (including phenoxy) is 1. The lowest BCUT2D eigenvalue weighted by molar-refractivity contribution is -0.348. The largest absolute Gasteiger partial charge is 0.491 e. The maximum Gasteiger partial charge on any atom is 0.435 e. The van der Waals surface area contributed by atoms with Gasteiger partial charge in [-0.25, -0.2) is 21.2 Å². The maximum absolute atomic E-state index is 14.9. The molecule has 2 atom stereocenters. The van der Waals surface area contributed by atoms with Crippen molar-refractivity contribution in [3.05, 3.63) is 58.6 Å². The highest BCUT2D eigenvalue weighted by atomic mass is 35.5. The fraction of sp³-hybridized carbons (Fsp3) is 0.500. The molecule has 2 aromatic carbocycles. The Kier molecular flexibility index (Phi) is 7.57. The van der Waals surface area contributed by atoms with Crippen LogP contribution in [-0.2, 0) is 34.9 Å². The van der Waals surface area contributed by atoms with Crippen LogP contribution in [0.25, 0.3) is 0 Å². The van der Waals surface area contributed by atoms with E-state index in [1.807, 2.05) is 0 Å². The monoisotopic (exact) mass is 677 g/mol. The van der Waals surface area contributed by atoms with Gasteiger partial charge >= 0.3 is 18.0 Å². The van der Waals surface area contributed by atoms with Crippen molar-refractivity contribution in [1.82, 2.24) is 4.90 Å². The van der Waals surface area contributed by atoms with Gasteiger partial charge in [0.05, 0.1) is 22.4 Å². The zero-order valence-electron chi connectivity index (χ0n) is 21.9. The molecule has 0 saturated carbocycles. The van der Waals surface area contributed by atoms with Gasteiger partial charge in [-0.1, -0.05) is 23.7 Å². The van der Waals surface area contributed by atoms with Crippen LogP contribution in [0, 0.1) is 5.92 Å². The summed E-state index contributed by atoms with van der Waals surface area (Å²) in [6, 6.07) is 4.67. The summed E-state index contributed by atoms with van der Waals surface area (Å²) in [6.45, 7) is -0.848. The second kappa shape index (κ2) is 10.2. The van der Waals surface area contributed by atoms with Gasteiger partial charge in [0.1, 0.15) is 26.9 Å². The van der Waals surface area contributed by atoms with Gasteiger partial charge in [0.15, 0.2) is 9.84 Å². The molecule has 1 amide bonds. The second-order valence-corrected chi connectivity index (χ2v) is 15.7. The van der Waals surface area contributed by atoms with E-state index in [-0.39, 0.29) is 64.9 Å². The van der Waals surface area contributed by atoms with E-state index in [2.05, 4.69) is 0 Å². The minimum Gasteiger partial charge on any atom is -0.491 e. The number of alkyl halides is 7. The molecule has 0 spiro atoms. The van der Waals surface area contributed by atoms with E-state index in [1.54, 1.807) is 0 Å². The summed E-state index contributed by atoms with van der Waals surface area (Å²) in [5, 5.41) is 0.180. The van der Waals surface area contributed by atoms with Gasteiger partial charge in [-0.2, -0.15) is 26.3 Å². The number of benzene rings is 2. The Hall–Kier alpha value is -2.59. The topological polar surface area (TPSA) is 97.8 Å². The minimum atomic E-state index is -6.41. The average Bonchev–Trinajstić information content (AvgIpc) is 3.32. The van der Waals surface area contributed by atoms with E-state index in [4.69, 9.17) is 16.3 Å². The Morgan fingerprint density at radius 1 is 0.953 bits per heavy atom. The number of likely N-dealkylation sites (tertiary alicyclic amines) is 1. The van der Waals surface area contributed by atoms with Crippen molar-refractivity contribution >= 4 is 37.2 Å². The molecule has 2 saturated heterocycles. The molecule has 236 valence electrons. The van der Waals surface area contributed by atoms with Crippen LogP contribution in [0.4, 0.5) is 30.7 Å². The highest BCUT2D eigenvalue weighted by molar-refractivity contribution is 7.92. The molecule has 3 heterocycles. The summed E-state index contributed by atoms with van der Waals surface area (Å²) in [7, 11) is -7.92. The number of carbonyl (C=O) groups is 1. The van der Waals surface area contributed by atoms with Crippen LogP contribution in [0.2, 0.25) is 5.02 Å². The first-order valence-electron chi connectivity index (χ1n) is 12.9. The van der Waals surface area contributed by atoms with E-state index in [9.17, 15) is 52.4 Å². The van der Waals surface area contributed by atoms with Crippen LogP contribution >= 0.6 is 11.6 Å². The van der Waals surface area contributed by atoms with Crippen LogP contribution in [-0.4, -0.2) is 70.7 Å². The summed E-state index contributed by atoms with van der Waals surface area (Å²) in [5.41, 5.74) is -7.97. The second-order valence-electron chi connectivity index (χ2n) is 10.7. The smallest absolute Gasteiger partial charge is 0.435 e. The first-order valence-corrected chi connectivity index (χ1v) is 16.6. The van der Waals surface area contributed by atoms with Crippen LogP contribution in [0.5, 0.6) is 5.75 Å². The molecule has 0 aromatic heterocycles. The SMILES string of the molecule is O=C(C1CCS(=O)(=O)CC1)N1CCC2(S(=O)(=O)c3ccc(Cl)cc3)c3ccc(C(F)(C(F)(F)F)C(F)(F)F)cc3OCC12. The zero-order valence-corrected chi connectivity index (χ0v) is 24.3. The third-order valence-corrected chi connectivity index (χ3v) is 13.0. The van der Waals surface area contributed by atoms with Crippen molar-refractivity contribution in [2.75, 3.05) is 24.7 Å². The molecule has 2 fully saturated rings. The van der Waals surface area contributed by atoms with E-state index in [0.717, 1.165) is 0 Å². The Morgan fingerprint density at radius 2 is 1.53 bits per heavy atom. The van der Waals surface area contributed by atoms with Gasteiger partial charge in [-0.15, -0.1) is 0 Å². The van der Waals surface area contributed by atoms with Crippen LogP contribution in [0.15, 0.2) is 47.4 Å². The Bertz CT molecular complexity index is 1630. The van der Waals surface area contributed by atoms with Crippen LogP contribution < -0.4 is 4.74 Å². The summed E-state index contributed by atoms with van der Waals surface area (Å²) < 4.78 is 152. The minimum absolute atomic E-state index is 0.00437. The molecule has 0 bridgehead atoms. The molecule has 3 aliphatic heterocycles. The Morgan fingerprint density at radius 3 is 2.09 bits per heavy atom. The van der Waals surface area contributed by atoms with Gasteiger partial charge in [0.2, 0.25) is 5.91 Å². The number of hydrogen-bond acceptors (Lipinski definition) is 6. The lowest BCUT2D eigenvalue weighted by atomic mass is 9.85. The van der Waals surface area contributed by atoms with Gasteiger partial charge in [0, 0.05) is 28.6 Å². The highest BCUT2D eigenvalue weighted by Gasteiger charge is 2.74. The summed E-state index contributed by atoms with van der Waals surface area (Å²) in [5.74, 6) is -2.51. The first kappa shape index (κ1) is 31.8. The summed E-state index contributed by atoms with van der Waals surface area (Å²) >= 11 is 5.91. The number of nitrogens with zero attached hydrogens (tertiary/aromatic N) is 1. The van der Waals surface area contributed by atoms with Gasteiger partial charge in [-0.05, 0) is 49.6 Å². The van der Waals surface area contributed by atoms with Gasteiger partial charge in [0.25, 0.3) is 0 Å².